The lowest BCUT2D eigenvalue weighted by Crippen LogP contribution is -2.26. The quantitative estimate of drug-likeness (QED) is 0.530. The minimum atomic E-state index is -3.90. The van der Waals surface area contributed by atoms with E-state index in [0.29, 0.717) is 21.8 Å². The maximum Gasteiger partial charge on any atom is 0.338 e. The maximum absolute atomic E-state index is 13.0. The van der Waals surface area contributed by atoms with Crippen LogP contribution in [0.2, 0.25) is 5.02 Å². The van der Waals surface area contributed by atoms with Crippen molar-refractivity contribution < 1.29 is 17.9 Å². The average molecular weight is 441 g/mol. The van der Waals surface area contributed by atoms with Crippen LogP contribution in [-0.2, 0) is 21.4 Å². The molecule has 3 aromatic carbocycles. The van der Waals surface area contributed by atoms with Crippen LogP contribution in [0.15, 0.2) is 77.7 Å². The molecular weight excluding hydrogens is 424 g/mol. The van der Waals surface area contributed by atoms with E-state index in [9.17, 15) is 13.2 Å². The zero-order valence-corrected chi connectivity index (χ0v) is 17.5. The number of carbonyl (C=O) groups is 1. The largest absolute Gasteiger partial charge is 0.457 e. The summed E-state index contributed by atoms with van der Waals surface area (Å²) < 4.78 is 32.3. The zero-order valence-electron chi connectivity index (χ0n) is 15.9. The molecule has 0 radical (unpaired) electrons. The van der Waals surface area contributed by atoms with Crippen LogP contribution >= 0.6 is 11.6 Å². The Hall–Kier alpha value is -3.34. The lowest BCUT2D eigenvalue weighted by atomic mass is 10.1. The number of sulfonamides is 1. The van der Waals surface area contributed by atoms with Gasteiger partial charge < -0.3 is 4.74 Å². The highest BCUT2D eigenvalue weighted by molar-refractivity contribution is 7.92. The van der Waals surface area contributed by atoms with E-state index in [4.69, 9.17) is 21.6 Å². The van der Waals surface area contributed by atoms with Crippen molar-refractivity contribution in [2.45, 2.75) is 11.5 Å². The predicted molar refractivity (Wildman–Crippen MR) is 114 cm³/mol. The van der Waals surface area contributed by atoms with Gasteiger partial charge in [0.05, 0.1) is 27.8 Å². The van der Waals surface area contributed by atoms with E-state index in [1.165, 1.54) is 37.4 Å². The number of rotatable bonds is 6. The summed E-state index contributed by atoms with van der Waals surface area (Å²) in [6.45, 7) is 0.00391. The summed E-state index contributed by atoms with van der Waals surface area (Å²) >= 11 is 5.96. The Kier molecular flexibility index (Phi) is 6.40. The Morgan fingerprint density at radius 1 is 1.07 bits per heavy atom. The number of nitriles is 1. The second-order valence-electron chi connectivity index (χ2n) is 6.37. The third-order valence-electron chi connectivity index (χ3n) is 4.35. The van der Waals surface area contributed by atoms with Crippen LogP contribution in [0.3, 0.4) is 0 Å². The van der Waals surface area contributed by atoms with Gasteiger partial charge in [0.15, 0.2) is 0 Å². The Bertz CT molecular complexity index is 1220. The molecule has 0 fully saturated rings. The van der Waals surface area contributed by atoms with Crippen LogP contribution in [-0.4, -0.2) is 21.4 Å². The van der Waals surface area contributed by atoms with Crippen LogP contribution in [0.1, 0.15) is 21.5 Å². The SMILES string of the molecule is CN(c1cccc(Cl)c1)S(=O)(=O)c1cccc(C(=O)OCc2ccc(C#N)cc2)c1. The van der Waals surface area contributed by atoms with Crippen molar-refractivity contribution in [3.63, 3.8) is 0 Å². The normalized spacial score (nSPS) is 10.8. The molecule has 152 valence electrons. The minimum Gasteiger partial charge on any atom is -0.457 e. The van der Waals surface area contributed by atoms with Crippen molar-refractivity contribution in [1.29, 1.82) is 5.26 Å². The van der Waals surface area contributed by atoms with Gasteiger partial charge in [-0.1, -0.05) is 35.9 Å². The molecule has 6 nitrogen and oxygen atoms in total. The van der Waals surface area contributed by atoms with E-state index in [0.717, 1.165) is 4.31 Å². The van der Waals surface area contributed by atoms with Gasteiger partial charge in [-0.05, 0) is 54.1 Å². The summed E-state index contributed by atoms with van der Waals surface area (Å²) in [5.74, 6) is -0.651. The molecule has 8 heteroatoms. The minimum absolute atomic E-state index is 0.00391. The number of esters is 1. The molecule has 0 amide bonds. The van der Waals surface area contributed by atoms with Gasteiger partial charge in [-0.15, -0.1) is 0 Å². The first-order valence-corrected chi connectivity index (χ1v) is 10.6. The zero-order chi connectivity index (χ0) is 21.7. The summed E-state index contributed by atoms with van der Waals surface area (Å²) in [7, 11) is -2.49. The molecular formula is C22H17ClN2O4S. The van der Waals surface area contributed by atoms with Crippen LogP contribution in [0.25, 0.3) is 0 Å². The second-order valence-corrected chi connectivity index (χ2v) is 8.77. The first-order valence-electron chi connectivity index (χ1n) is 8.82. The van der Waals surface area contributed by atoms with Crippen molar-refractivity contribution in [2.75, 3.05) is 11.4 Å². The highest BCUT2D eigenvalue weighted by atomic mass is 35.5. The topological polar surface area (TPSA) is 87.5 Å². The first-order chi connectivity index (χ1) is 14.3. The standard InChI is InChI=1S/C22H17ClN2O4S/c1-25(20-6-3-5-19(23)13-20)30(27,28)21-7-2-4-18(12-21)22(26)29-15-17-10-8-16(14-24)9-11-17/h2-13H,15H2,1H3. The number of hydrogen-bond acceptors (Lipinski definition) is 5. The second kappa shape index (κ2) is 8.99. The van der Waals surface area contributed by atoms with E-state index in [1.807, 2.05) is 6.07 Å². The molecule has 0 aromatic heterocycles. The Morgan fingerprint density at radius 3 is 2.43 bits per heavy atom. The predicted octanol–water partition coefficient (Wildman–Crippen LogP) is 4.39. The van der Waals surface area contributed by atoms with E-state index >= 15 is 0 Å². The van der Waals surface area contributed by atoms with Crippen molar-refractivity contribution in [1.82, 2.24) is 0 Å². The summed E-state index contributed by atoms with van der Waals surface area (Å²) in [6, 6.07) is 20.8. The average Bonchev–Trinajstić information content (AvgIpc) is 2.77. The lowest BCUT2D eigenvalue weighted by Gasteiger charge is -2.20. The summed E-state index contributed by atoms with van der Waals surface area (Å²) in [5, 5.41) is 9.23. The van der Waals surface area contributed by atoms with Gasteiger partial charge in [-0.2, -0.15) is 5.26 Å². The van der Waals surface area contributed by atoms with Gasteiger partial charge in [0.1, 0.15) is 6.61 Å². The molecule has 0 bridgehead atoms. The van der Waals surface area contributed by atoms with E-state index in [2.05, 4.69) is 0 Å². The van der Waals surface area contributed by atoms with Gasteiger partial charge >= 0.3 is 5.97 Å². The Labute approximate surface area is 179 Å². The number of benzene rings is 3. The van der Waals surface area contributed by atoms with Crippen LogP contribution in [0, 0.1) is 11.3 Å². The number of nitrogens with zero attached hydrogens (tertiary/aromatic N) is 2. The molecule has 3 rings (SSSR count). The molecule has 3 aromatic rings. The highest BCUT2D eigenvalue weighted by Gasteiger charge is 2.23. The van der Waals surface area contributed by atoms with Crippen molar-refractivity contribution in [3.05, 3.63) is 94.5 Å². The molecule has 0 saturated heterocycles. The number of anilines is 1. The summed E-state index contributed by atoms with van der Waals surface area (Å²) in [6.07, 6.45) is 0. The van der Waals surface area contributed by atoms with E-state index in [-0.39, 0.29) is 17.1 Å². The Morgan fingerprint density at radius 2 is 1.77 bits per heavy atom. The van der Waals surface area contributed by atoms with Gasteiger partial charge in [-0.25, -0.2) is 13.2 Å². The first kappa shape index (κ1) is 21.4. The smallest absolute Gasteiger partial charge is 0.338 e. The lowest BCUT2D eigenvalue weighted by molar-refractivity contribution is 0.0472. The van der Waals surface area contributed by atoms with Crippen molar-refractivity contribution >= 4 is 33.3 Å². The van der Waals surface area contributed by atoms with Crippen molar-refractivity contribution in [2.24, 2.45) is 0 Å². The molecule has 0 N–H and O–H groups in total. The molecule has 0 spiro atoms. The summed E-state index contributed by atoms with van der Waals surface area (Å²) in [5.41, 5.74) is 1.74. The third-order valence-corrected chi connectivity index (χ3v) is 6.37. The maximum atomic E-state index is 13.0. The fraction of sp³-hybridized carbons (Fsp3) is 0.0909. The fourth-order valence-electron chi connectivity index (χ4n) is 2.66. The van der Waals surface area contributed by atoms with Gasteiger partial charge in [0.2, 0.25) is 0 Å². The van der Waals surface area contributed by atoms with Crippen LogP contribution in [0.4, 0.5) is 5.69 Å². The Balaban J connectivity index is 1.77. The van der Waals surface area contributed by atoms with Gasteiger partial charge in [-0.3, -0.25) is 4.31 Å². The number of halogens is 1. The van der Waals surface area contributed by atoms with E-state index in [1.54, 1.807) is 42.5 Å². The molecule has 0 atom stereocenters. The van der Waals surface area contributed by atoms with Crippen LogP contribution < -0.4 is 4.31 Å². The fourth-order valence-corrected chi connectivity index (χ4v) is 4.08. The molecule has 0 aliphatic carbocycles. The third kappa shape index (κ3) is 4.79. The molecule has 0 aliphatic heterocycles. The highest BCUT2D eigenvalue weighted by Crippen LogP contribution is 2.25. The van der Waals surface area contributed by atoms with Gasteiger partial charge in [0, 0.05) is 12.1 Å². The van der Waals surface area contributed by atoms with Gasteiger partial charge in [0.25, 0.3) is 10.0 Å². The number of hydrogen-bond donors (Lipinski definition) is 0. The monoisotopic (exact) mass is 440 g/mol. The molecule has 0 unspecified atom stereocenters. The molecule has 0 saturated carbocycles. The molecule has 0 aliphatic rings. The van der Waals surface area contributed by atoms with E-state index < -0.39 is 16.0 Å². The van der Waals surface area contributed by atoms with Crippen LogP contribution in [0.5, 0.6) is 0 Å². The number of carbonyl (C=O) groups excluding carboxylic acids is 1. The van der Waals surface area contributed by atoms with Crippen molar-refractivity contribution in [3.8, 4) is 6.07 Å². The molecule has 0 heterocycles. The summed E-state index contributed by atoms with van der Waals surface area (Å²) in [4.78, 5) is 12.4. The molecule has 30 heavy (non-hydrogen) atoms. The number of ether oxygens (including phenoxy) is 1.